The van der Waals surface area contributed by atoms with Crippen LogP contribution in [0.2, 0.25) is 0 Å². The lowest BCUT2D eigenvalue weighted by Gasteiger charge is -2.02. The molecule has 0 aliphatic carbocycles. The van der Waals surface area contributed by atoms with Crippen molar-refractivity contribution < 1.29 is 9.08 Å². The molecule has 0 bridgehead atoms. The van der Waals surface area contributed by atoms with Crippen LogP contribution in [0.25, 0.3) is 0 Å². The van der Waals surface area contributed by atoms with Crippen LogP contribution in [0.3, 0.4) is 0 Å². The summed E-state index contributed by atoms with van der Waals surface area (Å²) in [5.74, 6) is 0. The SMILES string of the molecule is CC(C)NC(=O)OCl. The van der Waals surface area contributed by atoms with Crippen molar-refractivity contribution in [3.63, 3.8) is 0 Å². The molecular formula is C4H8ClNO2. The Labute approximate surface area is 53.1 Å². The van der Waals surface area contributed by atoms with Gasteiger partial charge >= 0.3 is 6.09 Å². The van der Waals surface area contributed by atoms with Crippen LogP contribution in [0.5, 0.6) is 0 Å². The first kappa shape index (κ1) is 7.56. The number of halogens is 1. The molecule has 4 heteroatoms. The van der Waals surface area contributed by atoms with Crippen molar-refractivity contribution in [2.45, 2.75) is 19.9 Å². The fourth-order valence-electron chi connectivity index (χ4n) is 0.258. The van der Waals surface area contributed by atoms with Gasteiger partial charge in [-0.05, 0) is 13.8 Å². The van der Waals surface area contributed by atoms with Crippen LogP contribution in [0.1, 0.15) is 13.8 Å². The Morgan fingerprint density at radius 1 is 1.75 bits per heavy atom. The molecule has 0 saturated heterocycles. The molecule has 0 unspecified atom stereocenters. The van der Waals surface area contributed by atoms with Gasteiger partial charge in [0.05, 0.1) is 0 Å². The van der Waals surface area contributed by atoms with E-state index in [0.29, 0.717) is 0 Å². The molecule has 0 atom stereocenters. The Balaban J connectivity index is 3.25. The summed E-state index contributed by atoms with van der Waals surface area (Å²) in [6.45, 7) is 3.63. The maximum absolute atomic E-state index is 10.2. The Morgan fingerprint density at radius 3 is 2.38 bits per heavy atom. The van der Waals surface area contributed by atoms with E-state index in [0.717, 1.165) is 0 Å². The molecule has 0 aromatic carbocycles. The number of hydrogen-bond acceptors (Lipinski definition) is 2. The molecule has 0 aromatic rings. The van der Waals surface area contributed by atoms with Gasteiger partial charge in [-0.2, -0.15) is 0 Å². The lowest BCUT2D eigenvalue weighted by atomic mass is 10.4. The van der Waals surface area contributed by atoms with Gasteiger partial charge in [0.15, 0.2) is 0 Å². The topological polar surface area (TPSA) is 38.3 Å². The molecule has 0 spiro atoms. The number of rotatable bonds is 1. The van der Waals surface area contributed by atoms with Crippen molar-refractivity contribution in [1.29, 1.82) is 0 Å². The van der Waals surface area contributed by atoms with E-state index in [9.17, 15) is 4.79 Å². The van der Waals surface area contributed by atoms with Crippen molar-refractivity contribution in [1.82, 2.24) is 5.32 Å². The molecule has 1 amide bonds. The molecule has 0 rings (SSSR count). The van der Waals surface area contributed by atoms with Gasteiger partial charge in [0.1, 0.15) is 11.9 Å². The van der Waals surface area contributed by atoms with Crippen molar-refractivity contribution in [3.05, 3.63) is 0 Å². The molecule has 48 valence electrons. The first-order valence-electron chi connectivity index (χ1n) is 2.26. The quantitative estimate of drug-likeness (QED) is 0.591. The summed E-state index contributed by atoms with van der Waals surface area (Å²) in [5, 5.41) is 2.40. The molecule has 0 fully saturated rings. The third-order valence-electron chi connectivity index (χ3n) is 0.477. The molecule has 0 aliphatic heterocycles. The highest BCUT2D eigenvalue weighted by molar-refractivity contribution is 6.12. The maximum atomic E-state index is 10.2. The standard InChI is InChI=1S/C4H8ClNO2/c1-3(2)6-4(7)8-5/h3H,1-2H3,(H,6,7). The van der Waals surface area contributed by atoms with Gasteiger partial charge in [0, 0.05) is 6.04 Å². The summed E-state index contributed by atoms with van der Waals surface area (Å²) in [6.07, 6.45) is -0.610. The van der Waals surface area contributed by atoms with Crippen molar-refractivity contribution >= 4 is 18.0 Å². The van der Waals surface area contributed by atoms with E-state index >= 15 is 0 Å². The Morgan fingerprint density at radius 2 is 2.25 bits per heavy atom. The summed E-state index contributed by atoms with van der Waals surface area (Å²) in [6, 6.07) is 0.0706. The van der Waals surface area contributed by atoms with Gasteiger partial charge in [-0.15, -0.1) is 0 Å². The van der Waals surface area contributed by atoms with Crippen LogP contribution >= 0.6 is 11.9 Å². The third-order valence-corrected chi connectivity index (χ3v) is 0.617. The highest BCUT2D eigenvalue weighted by Crippen LogP contribution is 1.83. The average molecular weight is 138 g/mol. The minimum absolute atomic E-state index is 0.0706. The lowest BCUT2D eigenvalue weighted by molar-refractivity contribution is 0.202. The fourth-order valence-corrected chi connectivity index (χ4v) is 0.303. The molecule has 0 radical (unpaired) electrons. The zero-order valence-electron chi connectivity index (χ0n) is 4.77. The summed E-state index contributed by atoms with van der Waals surface area (Å²) in [7, 11) is 0. The van der Waals surface area contributed by atoms with Gasteiger partial charge in [0.25, 0.3) is 0 Å². The van der Waals surface area contributed by atoms with Crippen LogP contribution in [0.15, 0.2) is 0 Å². The van der Waals surface area contributed by atoms with E-state index in [2.05, 4.69) is 21.5 Å². The van der Waals surface area contributed by atoms with E-state index in [1.165, 1.54) is 0 Å². The van der Waals surface area contributed by atoms with Crippen molar-refractivity contribution in [2.24, 2.45) is 0 Å². The maximum Gasteiger partial charge on any atom is 0.425 e. The number of nitrogens with one attached hydrogen (secondary N) is 1. The second-order valence-corrected chi connectivity index (χ2v) is 1.82. The van der Waals surface area contributed by atoms with Crippen LogP contribution < -0.4 is 5.32 Å². The summed E-state index contributed by atoms with van der Waals surface area (Å²) in [4.78, 5) is 10.2. The first-order chi connectivity index (χ1) is 3.66. The van der Waals surface area contributed by atoms with Crippen molar-refractivity contribution in [2.75, 3.05) is 0 Å². The number of amides is 1. The smallest absolute Gasteiger partial charge is 0.330 e. The second-order valence-electron chi connectivity index (χ2n) is 1.66. The van der Waals surface area contributed by atoms with Gasteiger partial charge < -0.3 is 9.61 Å². The molecule has 0 saturated carbocycles. The number of carbonyl (C=O) groups is 1. The van der Waals surface area contributed by atoms with E-state index in [1.54, 1.807) is 0 Å². The van der Waals surface area contributed by atoms with Gasteiger partial charge in [-0.1, -0.05) is 0 Å². The van der Waals surface area contributed by atoms with Crippen LogP contribution in [-0.4, -0.2) is 12.1 Å². The van der Waals surface area contributed by atoms with E-state index in [-0.39, 0.29) is 6.04 Å². The molecule has 3 nitrogen and oxygen atoms in total. The number of carbonyl (C=O) groups excluding carboxylic acids is 1. The Bertz CT molecular complexity index is 84.1. The Kier molecular flexibility index (Phi) is 3.35. The van der Waals surface area contributed by atoms with Crippen molar-refractivity contribution in [3.8, 4) is 0 Å². The highest BCUT2D eigenvalue weighted by Gasteiger charge is 1.99. The second kappa shape index (κ2) is 3.55. The summed E-state index contributed by atoms with van der Waals surface area (Å²) >= 11 is 4.68. The van der Waals surface area contributed by atoms with Gasteiger partial charge in [0.2, 0.25) is 0 Å². The molecule has 8 heavy (non-hydrogen) atoms. The number of hydrogen-bond donors (Lipinski definition) is 1. The molecule has 0 aliphatic rings. The van der Waals surface area contributed by atoms with E-state index < -0.39 is 6.09 Å². The zero-order valence-corrected chi connectivity index (χ0v) is 5.53. The average Bonchev–Trinajstić information content (AvgIpc) is 1.65. The Hall–Kier alpha value is -0.440. The highest BCUT2D eigenvalue weighted by atomic mass is 35.5. The zero-order chi connectivity index (χ0) is 6.57. The van der Waals surface area contributed by atoms with Gasteiger partial charge in [-0.3, -0.25) is 0 Å². The molecule has 1 N–H and O–H groups in total. The summed E-state index contributed by atoms with van der Waals surface area (Å²) < 4.78 is 3.78. The minimum atomic E-state index is -0.610. The third kappa shape index (κ3) is 3.74. The summed E-state index contributed by atoms with van der Waals surface area (Å²) in [5.41, 5.74) is 0. The minimum Gasteiger partial charge on any atom is -0.330 e. The largest absolute Gasteiger partial charge is 0.425 e. The normalized spacial score (nSPS) is 9.00. The first-order valence-corrected chi connectivity index (χ1v) is 2.56. The monoisotopic (exact) mass is 137 g/mol. The molecule has 0 heterocycles. The predicted octanol–water partition coefficient (Wildman–Crippen LogP) is 1.27. The predicted molar refractivity (Wildman–Crippen MR) is 30.6 cm³/mol. The fraction of sp³-hybridized carbons (Fsp3) is 0.750. The van der Waals surface area contributed by atoms with Gasteiger partial charge in [-0.25, -0.2) is 4.79 Å². The van der Waals surface area contributed by atoms with E-state index in [1.807, 2.05) is 13.8 Å². The molecular weight excluding hydrogens is 130 g/mol. The van der Waals surface area contributed by atoms with Crippen LogP contribution in [0, 0.1) is 0 Å². The van der Waals surface area contributed by atoms with Crippen LogP contribution in [-0.2, 0) is 4.29 Å². The van der Waals surface area contributed by atoms with Crippen LogP contribution in [0.4, 0.5) is 4.79 Å². The molecule has 0 aromatic heterocycles. The van der Waals surface area contributed by atoms with E-state index in [4.69, 9.17) is 0 Å². The lowest BCUT2D eigenvalue weighted by Crippen LogP contribution is -2.28.